The normalized spacial score (nSPS) is 28.9. The first-order valence-electron chi connectivity index (χ1n) is 23.6. The Morgan fingerprint density at radius 1 is 0.710 bits per heavy atom. The van der Waals surface area contributed by atoms with Gasteiger partial charge in [-0.15, -0.1) is 0 Å². The zero-order chi connectivity index (χ0) is 43.6. The Morgan fingerprint density at radius 2 is 1.31 bits per heavy atom. The fourth-order valence-corrected chi connectivity index (χ4v) is 12.3. The van der Waals surface area contributed by atoms with Crippen molar-refractivity contribution in [1.82, 2.24) is 0 Å². The molecule has 8 heteroatoms. The smallest absolute Gasteiger partial charge is 0.343 e. The van der Waals surface area contributed by atoms with Gasteiger partial charge in [-0.2, -0.15) is 0 Å². The Kier molecular flexibility index (Phi) is 13.1. The summed E-state index contributed by atoms with van der Waals surface area (Å²) in [6.45, 7) is 16.6. The Labute approximate surface area is 369 Å². The Hall–Kier alpha value is -4.43. The van der Waals surface area contributed by atoms with E-state index >= 15 is 0 Å². The number of carbonyl (C=O) groups is 3. The van der Waals surface area contributed by atoms with E-state index in [-0.39, 0.29) is 28.7 Å². The molecule has 332 valence electrons. The largest absolute Gasteiger partial charge is 0.493 e. The summed E-state index contributed by atoms with van der Waals surface area (Å²) in [5.74, 6) is 4.68. The van der Waals surface area contributed by atoms with E-state index in [1.54, 1.807) is 72.8 Å². The number of esters is 3. The monoisotopic (exact) mass is 844 g/mol. The molecule has 3 aromatic carbocycles. The minimum atomic E-state index is -0.571. The van der Waals surface area contributed by atoms with Crippen LogP contribution in [0.2, 0.25) is 0 Å². The number of carbonyl (C=O) groups excluding carboxylic acids is 3. The van der Waals surface area contributed by atoms with E-state index in [0.29, 0.717) is 53.4 Å². The second kappa shape index (κ2) is 18.3. The standard InChI is InChI=1S/C54H68O8/c1-7-54(32-58-33-54)34-59-41-20-22-43(23-21-41)61-50(56)39-15-18-42(19-16-39)60-49(55)37-11-13-38(14-12-37)51(57)62-44-27-29-52(5)40(31-44)17-24-45-47-26-25-46(36(4)10-8-9-35(2)3)53(47,6)30-28-48(45)52/h11-23,35-36,44-48H,7-10,24-34H2,1-6H3. The number of ether oxygens (including phenoxy) is 5. The summed E-state index contributed by atoms with van der Waals surface area (Å²) in [6, 6.07) is 19.6. The van der Waals surface area contributed by atoms with Crippen LogP contribution in [0.15, 0.2) is 84.4 Å². The number of hydrogen-bond acceptors (Lipinski definition) is 8. The molecule has 1 aliphatic heterocycles. The number of fused-ring (bicyclic) bond motifs is 5. The van der Waals surface area contributed by atoms with Gasteiger partial charge in [0.1, 0.15) is 23.4 Å². The van der Waals surface area contributed by atoms with E-state index in [2.05, 4.69) is 47.6 Å². The molecule has 1 saturated heterocycles. The maximum Gasteiger partial charge on any atom is 0.343 e. The molecular formula is C54H68O8. The lowest BCUT2D eigenvalue weighted by Crippen LogP contribution is -2.51. The molecule has 5 aliphatic rings. The summed E-state index contributed by atoms with van der Waals surface area (Å²) in [5.41, 5.74) is 3.26. The molecule has 3 saturated carbocycles. The van der Waals surface area contributed by atoms with E-state index in [9.17, 15) is 14.4 Å². The van der Waals surface area contributed by atoms with Crippen LogP contribution in [0, 0.1) is 51.8 Å². The molecule has 0 N–H and O–H groups in total. The Balaban J connectivity index is 0.799. The van der Waals surface area contributed by atoms with Gasteiger partial charge in [0, 0.05) is 6.42 Å². The molecule has 0 amide bonds. The van der Waals surface area contributed by atoms with Gasteiger partial charge >= 0.3 is 17.9 Å². The fraction of sp³-hybridized carbons (Fsp3) is 0.574. The lowest BCUT2D eigenvalue weighted by molar-refractivity contribution is -0.133. The third kappa shape index (κ3) is 9.14. The van der Waals surface area contributed by atoms with Crippen LogP contribution >= 0.6 is 0 Å². The minimum Gasteiger partial charge on any atom is -0.493 e. The fourth-order valence-electron chi connectivity index (χ4n) is 12.3. The first-order valence-corrected chi connectivity index (χ1v) is 23.6. The van der Waals surface area contributed by atoms with Crippen LogP contribution in [-0.4, -0.2) is 43.8 Å². The van der Waals surface area contributed by atoms with Crippen LogP contribution in [0.4, 0.5) is 0 Å². The third-order valence-corrected chi connectivity index (χ3v) is 16.3. The van der Waals surface area contributed by atoms with Crippen molar-refractivity contribution in [1.29, 1.82) is 0 Å². The summed E-state index contributed by atoms with van der Waals surface area (Å²) < 4.78 is 28.6. The predicted octanol–water partition coefficient (Wildman–Crippen LogP) is 12.5. The van der Waals surface area contributed by atoms with Gasteiger partial charge in [0.25, 0.3) is 0 Å². The van der Waals surface area contributed by atoms with Gasteiger partial charge in [-0.05, 0) is 171 Å². The van der Waals surface area contributed by atoms with Gasteiger partial charge < -0.3 is 23.7 Å². The molecule has 4 fully saturated rings. The first-order chi connectivity index (χ1) is 29.8. The summed E-state index contributed by atoms with van der Waals surface area (Å²) in [5, 5.41) is 0. The van der Waals surface area contributed by atoms with Crippen molar-refractivity contribution in [2.45, 2.75) is 125 Å². The number of allylic oxidation sites excluding steroid dienone is 1. The zero-order valence-electron chi connectivity index (χ0n) is 37.9. The average molecular weight is 845 g/mol. The molecule has 0 bridgehead atoms. The molecule has 0 aromatic heterocycles. The molecule has 3 aromatic rings. The minimum absolute atomic E-state index is 0.0754. The highest BCUT2D eigenvalue weighted by Gasteiger charge is 2.59. The molecular weight excluding hydrogens is 777 g/mol. The molecule has 4 aliphatic carbocycles. The summed E-state index contributed by atoms with van der Waals surface area (Å²) >= 11 is 0. The van der Waals surface area contributed by atoms with Gasteiger partial charge in [-0.3, -0.25) is 0 Å². The van der Waals surface area contributed by atoms with Crippen molar-refractivity contribution >= 4 is 17.9 Å². The van der Waals surface area contributed by atoms with Crippen molar-refractivity contribution in [3.05, 3.63) is 101 Å². The van der Waals surface area contributed by atoms with Gasteiger partial charge in [-0.1, -0.05) is 72.5 Å². The number of rotatable bonds is 15. The Morgan fingerprint density at radius 3 is 1.90 bits per heavy atom. The van der Waals surface area contributed by atoms with Crippen LogP contribution in [-0.2, 0) is 9.47 Å². The van der Waals surface area contributed by atoms with Gasteiger partial charge in [0.2, 0.25) is 0 Å². The van der Waals surface area contributed by atoms with E-state index in [1.165, 1.54) is 56.9 Å². The lowest BCUT2D eigenvalue weighted by Gasteiger charge is -2.58. The molecule has 8 atom stereocenters. The van der Waals surface area contributed by atoms with Crippen LogP contribution in [0.1, 0.15) is 150 Å². The van der Waals surface area contributed by atoms with Crippen molar-refractivity contribution in [3.8, 4) is 17.2 Å². The quantitative estimate of drug-likeness (QED) is 0.0847. The van der Waals surface area contributed by atoms with E-state index in [1.807, 2.05) is 0 Å². The zero-order valence-corrected chi connectivity index (χ0v) is 37.9. The Bertz CT molecular complexity index is 2080. The third-order valence-electron chi connectivity index (χ3n) is 16.3. The van der Waals surface area contributed by atoms with Crippen molar-refractivity contribution in [2.24, 2.45) is 51.8 Å². The number of benzene rings is 3. The molecule has 0 radical (unpaired) electrons. The van der Waals surface area contributed by atoms with Gasteiger partial charge in [0.05, 0.1) is 41.9 Å². The predicted molar refractivity (Wildman–Crippen MR) is 241 cm³/mol. The van der Waals surface area contributed by atoms with Crippen molar-refractivity contribution in [3.63, 3.8) is 0 Å². The summed E-state index contributed by atoms with van der Waals surface area (Å²) in [4.78, 5) is 39.3. The lowest BCUT2D eigenvalue weighted by atomic mass is 9.47. The highest BCUT2D eigenvalue weighted by Crippen LogP contribution is 2.67. The SMILES string of the molecule is CCC1(COc2ccc(OC(=O)c3ccc(OC(=O)c4ccc(C(=O)OC5CCC6(C)C(=CCC7C6CCC6(C)C(C(C)CCCC(C)C)CCC76)C5)cc4)cc3)cc2)COC1. The van der Waals surface area contributed by atoms with Crippen LogP contribution in [0.3, 0.4) is 0 Å². The maximum atomic E-state index is 13.4. The number of hydrogen-bond donors (Lipinski definition) is 0. The molecule has 8 rings (SSSR count). The molecule has 0 spiro atoms. The van der Waals surface area contributed by atoms with Crippen LogP contribution < -0.4 is 14.2 Å². The second-order valence-electron chi connectivity index (χ2n) is 20.5. The highest BCUT2D eigenvalue weighted by molar-refractivity contribution is 5.94. The van der Waals surface area contributed by atoms with Crippen LogP contribution in [0.25, 0.3) is 0 Å². The summed E-state index contributed by atoms with van der Waals surface area (Å²) in [7, 11) is 0. The van der Waals surface area contributed by atoms with Gasteiger partial charge in [-0.25, -0.2) is 14.4 Å². The van der Waals surface area contributed by atoms with Crippen molar-refractivity contribution < 1.29 is 38.1 Å². The molecule has 62 heavy (non-hydrogen) atoms. The molecule has 8 unspecified atom stereocenters. The van der Waals surface area contributed by atoms with E-state index in [4.69, 9.17) is 23.7 Å². The molecule has 8 nitrogen and oxygen atoms in total. The second-order valence-corrected chi connectivity index (χ2v) is 20.5. The highest BCUT2D eigenvalue weighted by atomic mass is 16.5. The molecule has 1 heterocycles. The van der Waals surface area contributed by atoms with E-state index in [0.717, 1.165) is 61.2 Å². The maximum absolute atomic E-state index is 13.4. The van der Waals surface area contributed by atoms with Crippen LogP contribution in [0.5, 0.6) is 17.2 Å². The first kappa shape index (κ1) is 44.2. The van der Waals surface area contributed by atoms with E-state index < -0.39 is 11.9 Å². The average Bonchev–Trinajstić information content (AvgIpc) is 3.61. The van der Waals surface area contributed by atoms with Crippen molar-refractivity contribution in [2.75, 3.05) is 19.8 Å². The summed E-state index contributed by atoms with van der Waals surface area (Å²) in [6.07, 6.45) is 16.9. The topological polar surface area (TPSA) is 97.4 Å². The van der Waals surface area contributed by atoms with Gasteiger partial charge in [0.15, 0.2) is 0 Å².